The zero-order valence-corrected chi connectivity index (χ0v) is 13.7. The van der Waals surface area contributed by atoms with Gasteiger partial charge in [0.1, 0.15) is 0 Å². The van der Waals surface area contributed by atoms with Crippen molar-refractivity contribution in [2.24, 2.45) is 0 Å². The van der Waals surface area contributed by atoms with Crippen molar-refractivity contribution >= 4 is 11.9 Å². The van der Waals surface area contributed by atoms with Crippen molar-refractivity contribution in [1.82, 2.24) is 9.80 Å². The summed E-state index contributed by atoms with van der Waals surface area (Å²) >= 11 is 0. The van der Waals surface area contributed by atoms with Crippen LogP contribution in [0.1, 0.15) is 46.4 Å². The third-order valence-corrected chi connectivity index (χ3v) is 4.89. The number of esters is 1. The van der Waals surface area contributed by atoms with E-state index in [1.807, 2.05) is 4.90 Å². The summed E-state index contributed by atoms with van der Waals surface area (Å²) in [6, 6.07) is 7.24. The Morgan fingerprint density at radius 1 is 1.00 bits per heavy atom. The third kappa shape index (κ3) is 3.55. The normalized spacial score (nSPS) is 22.1. The minimum Gasteiger partial charge on any atom is -0.465 e. The Balaban J connectivity index is 1.65. The molecule has 2 heterocycles. The van der Waals surface area contributed by atoms with Crippen LogP contribution in [0.2, 0.25) is 0 Å². The Kier molecular flexibility index (Phi) is 4.96. The lowest BCUT2D eigenvalue weighted by Gasteiger charge is -2.37. The van der Waals surface area contributed by atoms with Crippen LogP contribution in [0, 0.1) is 0 Å². The van der Waals surface area contributed by atoms with Gasteiger partial charge in [0.25, 0.3) is 5.91 Å². The molecular weight excluding hydrogens is 292 g/mol. The maximum atomic E-state index is 12.7. The third-order valence-electron chi connectivity index (χ3n) is 4.89. The van der Waals surface area contributed by atoms with Gasteiger partial charge in [-0.15, -0.1) is 0 Å². The van der Waals surface area contributed by atoms with E-state index < -0.39 is 0 Å². The minimum absolute atomic E-state index is 0.0605. The van der Waals surface area contributed by atoms with Crippen LogP contribution in [0.3, 0.4) is 0 Å². The van der Waals surface area contributed by atoms with E-state index >= 15 is 0 Å². The van der Waals surface area contributed by atoms with Gasteiger partial charge in [0.05, 0.1) is 12.7 Å². The Morgan fingerprint density at radius 2 is 1.65 bits per heavy atom. The first-order valence-electron chi connectivity index (χ1n) is 8.41. The van der Waals surface area contributed by atoms with Crippen LogP contribution >= 0.6 is 0 Å². The highest BCUT2D eigenvalue weighted by Gasteiger charge is 2.29. The minimum atomic E-state index is -0.379. The summed E-state index contributed by atoms with van der Waals surface area (Å²) in [6.45, 7) is 3.97. The molecule has 2 aliphatic rings. The van der Waals surface area contributed by atoms with Gasteiger partial charge >= 0.3 is 5.97 Å². The summed E-state index contributed by atoms with van der Waals surface area (Å²) < 4.78 is 4.68. The van der Waals surface area contributed by atoms with E-state index in [4.69, 9.17) is 0 Å². The Bertz CT molecular complexity index is 564. The van der Waals surface area contributed by atoms with Crippen LogP contribution in [0.15, 0.2) is 24.3 Å². The molecule has 1 amide bonds. The zero-order chi connectivity index (χ0) is 16.2. The van der Waals surface area contributed by atoms with Crippen molar-refractivity contribution in [3.63, 3.8) is 0 Å². The maximum Gasteiger partial charge on any atom is 0.337 e. The largest absolute Gasteiger partial charge is 0.465 e. The fourth-order valence-electron chi connectivity index (χ4n) is 3.59. The standard InChI is InChI=1S/C18H24N2O3/c1-23-18(22)15-8-6-14(7-9-15)17(21)20-12-4-5-16(13-20)19-10-2-3-11-19/h6-9,16H,2-5,10-13H2,1H3/t16-/m1/s1. The molecule has 3 rings (SSSR count). The lowest BCUT2D eigenvalue weighted by Crippen LogP contribution is -2.48. The monoisotopic (exact) mass is 316 g/mol. The number of rotatable bonds is 3. The summed E-state index contributed by atoms with van der Waals surface area (Å²) in [4.78, 5) is 28.7. The van der Waals surface area contributed by atoms with Gasteiger partial charge in [-0.1, -0.05) is 0 Å². The number of hydrogen-bond donors (Lipinski definition) is 0. The van der Waals surface area contributed by atoms with Crippen molar-refractivity contribution < 1.29 is 14.3 Å². The number of carbonyl (C=O) groups excluding carboxylic acids is 2. The predicted octanol–water partition coefficient (Wildman–Crippen LogP) is 2.17. The van der Waals surface area contributed by atoms with Crippen molar-refractivity contribution in [2.45, 2.75) is 31.7 Å². The van der Waals surface area contributed by atoms with Crippen molar-refractivity contribution in [3.05, 3.63) is 35.4 Å². The molecule has 1 atom stereocenters. The van der Waals surface area contributed by atoms with Gasteiger partial charge in [0.15, 0.2) is 0 Å². The second kappa shape index (κ2) is 7.13. The molecular formula is C18H24N2O3. The molecule has 1 aromatic carbocycles. The number of methoxy groups -OCH3 is 1. The van der Waals surface area contributed by atoms with E-state index in [0.29, 0.717) is 17.2 Å². The van der Waals surface area contributed by atoms with E-state index in [-0.39, 0.29) is 11.9 Å². The zero-order valence-electron chi connectivity index (χ0n) is 13.7. The average molecular weight is 316 g/mol. The van der Waals surface area contributed by atoms with Crippen LogP contribution in [-0.2, 0) is 4.74 Å². The SMILES string of the molecule is COC(=O)c1ccc(C(=O)N2CCC[C@@H](N3CCCC3)C2)cc1. The van der Waals surface area contributed by atoms with Crippen LogP contribution in [0.4, 0.5) is 0 Å². The number of benzene rings is 1. The van der Waals surface area contributed by atoms with Gasteiger partial charge in [-0.2, -0.15) is 0 Å². The molecule has 0 aliphatic carbocycles. The quantitative estimate of drug-likeness (QED) is 0.802. The maximum absolute atomic E-state index is 12.7. The number of hydrogen-bond acceptors (Lipinski definition) is 4. The van der Waals surface area contributed by atoms with E-state index in [1.165, 1.54) is 39.5 Å². The summed E-state index contributed by atoms with van der Waals surface area (Å²) in [5, 5.41) is 0. The van der Waals surface area contributed by atoms with Crippen LogP contribution in [0.25, 0.3) is 0 Å². The van der Waals surface area contributed by atoms with E-state index in [0.717, 1.165) is 19.5 Å². The number of carbonyl (C=O) groups is 2. The first-order valence-corrected chi connectivity index (χ1v) is 8.41. The van der Waals surface area contributed by atoms with Gasteiger partial charge in [0, 0.05) is 24.7 Å². The molecule has 2 fully saturated rings. The molecule has 0 N–H and O–H groups in total. The number of ether oxygens (including phenoxy) is 1. The topological polar surface area (TPSA) is 49.9 Å². The average Bonchev–Trinajstić information content (AvgIpc) is 3.15. The van der Waals surface area contributed by atoms with Crippen LogP contribution in [-0.4, -0.2) is 61.0 Å². The number of likely N-dealkylation sites (tertiary alicyclic amines) is 2. The highest BCUT2D eigenvalue weighted by Crippen LogP contribution is 2.21. The van der Waals surface area contributed by atoms with Gasteiger partial charge in [-0.3, -0.25) is 9.69 Å². The predicted molar refractivity (Wildman–Crippen MR) is 87.5 cm³/mol. The van der Waals surface area contributed by atoms with Crippen molar-refractivity contribution in [2.75, 3.05) is 33.3 Å². The lowest BCUT2D eigenvalue weighted by atomic mass is 10.0. The summed E-state index contributed by atoms with van der Waals surface area (Å²) in [5.74, 6) is -0.318. The van der Waals surface area contributed by atoms with Gasteiger partial charge in [-0.25, -0.2) is 4.79 Å². The molecule has 2 aliphatic heterocycles. The number of amides is 1. The van der Waals surface area contributed by atoms with E-state index in [9.17, 15) is 9.59 Å². The van der Waals surface area contributed by atoms with E-state index in [2.05, 4.69) is 9.64 Å². The summed E-state index contributed by atoms with van der Waals surface area (Å²) in [7, 11) is 1.35. The fraction of sp³-hybridized carbons (Fsp3) is 0.556. The van der Waals surface area contributed by atoms with Crippen molar-refractivity contribution in [3.8, 4) is 0 Å². The van der Waals surface area contributed by atoms with Gasteiger partial charge < -0.3 is 9.64 Å². The Hall–Kier alpha value is -1.88. The smallest absolute Gasteiger partial charge is 0.337 e. The molecule has 0 bridgehead atoms. The first-order chi connectivity index (χ1) is 11.2. The first kappa shape index (κ1) is 16.0. The molecule has 124 valence electrons. The molecule has 23 heavy (non-hydrogen) atoms. The molecule has 0 unspecified atom stereocenters. The Labute approximate surface area is 137 Å². The lowest BCUT2D eigenvalue weighted by molar-refractivity contribution is 0.0592. The van der Waals surface area contributed by atoms with E-state index in [1.54, 1.807) is 24.3 Å². The summed E-state index contributed by atoms with van der Waals surface area (Å²) in [5.41, 5.74) is 1.11. The second-order valence-corrected chi connectivity index (χ2v) is 6.36. The highest BCUT2D eigenvalue weighted by molar-refractivity contribution is 5.96. The molecule has 5 nitrogen and oxygen atoms in total. The summed E-state index contributed by atoms with van der Waals surface area (Å²) in [6.07, 6.45) is 4.80. The van der Waals surface area contributed by atoms with Gasteiger partial charge in [0.2, 0.25) is 0 Å². The van der Waals surface area contributed by atoms with Crippen LogP contribution in [0.5, 0.6) is 0 Å². The number of nitrogens with zero attached hydrogens (tertiary/aromatic N) is 2. The van der Waals surface area contributed by atoms with Crippen LogP contribution < -0.4 is 0 Å². The molecule has 0 radical (unpaired) electrons. The molecule has 0 aromatic heterocycles. The molecule has 0 saturated carbocycles. The van der Waals surface area contributed by atoms with Gasteiger partial charge in [-0.05, 0) is 63.0 Å². The highest BCUT2D eigenvalue weighted by atomic mass is 16.5. The fourth-order valence-corrected chi connectivity index (χ4v) is 3.59. The molecule has 0 spiro atoms. The molecule has 2 saturated heterocycles. The molecule has 1 aromatic rings. The second-order valence-electron chi connectivity index (χ2n) is 6.36. The number of piperidine rings is 1. The Morgan fingerprint density at radius 3 is 2.30 bits per heavy atom. The van der Waals surface area contributed by atoms with Crippen molar-refractivity contribution in [1.29, 1.82) is 0 Å². The molecule has 5 heteroatoms.